The molecule has 0 rings (SSSR count). The molecule has 0 amide bonds. The first-order chi connectivity index (χ1) is 5.24. The molecular weight excluding hydrogens is 156 g/mol. The highest BCUT2D eigenvalue weighted by atomic mass is 28.3. The van der Waals surface area contributed by atoms with Crippen LogP contribution in [-0.2, 0) is 9.22 Å². The van der Waals surface area contributed by atoms with Gasteiger partial charge >= 0.3 is 0 Å². The molecule has 11 heavy (non-hydrogen) atoms. The number of rotatable bonds is 5. The van der Waals surface area contributed by atoms with E-state index in [1.165, 1.54) is 0 Å². The standard InChI is InChI=1S/C8H18O2Si/c1-4-7-8(9)10-11(5-2)6-3/h11H,4-7H2,1-3H3. The Morgan fingerprint density at radius 2 is 1.82 bits per heavy atom. The summed E-state index contributed by atoms with van der Waals surface area (Å²) in [4.78, 5) is 11.0. The molecule has 0 saturated carbocycles. The third-order valence-electron chi connectivity index (χ3n) is 1.66. The van der Waals surface area contributed by atoms with E-state index in [0.29, 0.717) is 6.42 Å². The topological polar surface area (TPSA) is 26.3 Å². The van der Waals surface area contributed by atoms with Gasteiger partial charge in [-0.2, -0.15) is 0 Å². The Morgan fingerprint density at radius 1 is 1.27 bits per heavy atom. The Morgan fingerprint density at radius 3 is 2.18 bits per heavy atom. The Balaban J connectivity index is 3.54. The molecule has 0 spiro atoms. The van der Waals surface area contributed by atoms with Crippen LogP contribution in [0, 0.1) is 0 Å². The van der Waals surface area contributed by atoms with Crippen molar-refractivity contribution < 1.29 is 9.22 Å². The lowest BCUT2D eigenvalue weighted by Gasteiger charge is -2.11. The lowest BCUT2D eigenvalue weighted by molar-refractivity contribution is -0.134. The van der Waals surface area contributed by atoms with Crippen LogP contribution in [-0.4, -0.2) is 15.0 Å². The number of hydrogen-bond donors (Lipinski definition) is 0. The first-order valence-corrected chi connectivity index (χ1v) is 6.54. The molecule has 2 nitrogen and oxygen atoms in total. The summed E-state index contributed by atoms with van der Waals surface area (Å²) in [7, 11) is -1.13. The van der Waals surface area contributed by atoms with Gasteiger partial charge in [0.1, 0.15) is 0 Å². The highest BCUT2D eigenvalue weighted by Crippen LogP contribution is 2.02. The van der Waals surface area contributed by atoms with Crippen LogP contribution in [0.2, 0.25) is 12.1 Å². The highest BCUT2D eigenvalue weighted by molar-refractivity contribution is 6.53. The Labute approximate surface area is 70.7 Å². The maximum atomic E-state index is 11.0. The smallest absolute Gasteiger partial charge is 0.292 e. The zero-order valence-electron chi connectivity index (χ0n) is 7.72. The van der Waals surface area contributed by atoms with Crippen molar-refractivity contribution in [3.63, 3.8) is 0 Å². The van der Waals surface area contributed by atoms with Crippen LogP contribution in [0.3, 0.4) is 0 Å². The summed E-state index contributed by atoms with van der Waals surface area (Å²) < 4.78 is 5.29. The lowest BCUT2D eigenvalue weighted by atomic mass is 10.4. The van der Waals surface area contributed by atoms with Crippen molar-refractivity contribution >= 4 is 15.0 Å². The van der Waals surface area contributed by atoms with Crippen LogP contribution in [0.25, 0.3) is 0 Å². The van der Waals surface area contributed by atoms with Gasteiger partial charge in [-0.15, -0.1) is 0 Å². The monoisotopic (exact) mass is 174 g/mol. The maximum absolute atomic E-state index is 11.0. The average Bonchev–Trinajstić information content (AvgIpc) is 2.01. The Kier molecular flexibility index (Phi) is 6.22. The highest BCUT2D eigenvalue weighted by Gasteiger charge is 2.10. The van der Waals surface area contributed by atoms with Crippen LogP contribution in [0.4, 0.5) is 0 Å². The molecule has 0 saturated heterocycles. The average molecular weight is 174 g/mol. The summed E-state index contributed by atoms with van der Waals surface area (Å²) in [5.41, 5.74) is 0. The summed E-state index contributed by atoms with van der Waals surface area (Å²) in [5.74, 6) is 0.00728. The van der Waals surface area contributed by atoms with Crippen LogP contribution in [0.5, 0.6) is 0 Å². The fourth-order valence-corrected chi connectivity index (χ4v) is 2.30. The van der Waals surface area contributed by atoms with Gasteiger partial charge in [-0.25, -0.2) is 0 Å². The van der Waals surface area contributed by atoms with Gasteiger partial charge in [0.05, 0.1) is 0 Å². The number of carbonyl (C=O) groups excluding carboxylic acids is 1. The molecule has 0 atom stereocenters. The number of carbonyl (C=O) groups is 1. The number of hydrogen-bond acceptors (Lipinski definition) is 2. The molecule has 0 heterocycles. The second-order valence-corrected chi connectivity index (χ2v) is 5.79. The molecule has 0 aromatic rings. The minimum absolute atomic E-state index is 0.00728. The molecule has 0 unspecified atom stereocenters. The fourth-order valence-electron chi connectivity index (χ4n) is 0.904. The van der Waals surface area contributed by atoms with Crippen LogP contribution in [0.1, 0.15) is 33.6 Å². The molecule has 0 aromatic carbocycles. The van der Waals surface area contributed by atoms with Crippen LogP contribution in [0.15, 0.2) is 0 Å². The quantitative estimate of drug-likeness (QED) is 0.597. The van der Waals surface area contributed by atoms with Crippen molar-refractivity contribution in [2.45, 2.75) is 45.7 Å². The zero-order chi connectivity index (χ0) is 8.69. The van der Waals surface area contributed by atoms with Crippen molar-refractivity contribution in [2.75, 3.05) is 0 Å². The molecule has 0 aromatic heterocycles. The van der Waals surface area contributed by atoms with E-state index in [-0.39, 0.29) is 5.97 Å². The predicted octanol–water partition coefficient (Wildman–Crippen LogP) is 2.09. The van der Waals surface area contributed by atoms with E-state index in [1.807, 2.05) is 6.92 Å². The van der Waals surface area contributed by atoms with Crippen molar-refractivity contribution in [2.24, 2.45) is 0 Å². The van der Waals surface area contributed by atoms with E-state index in [2.05, 4.69) is 13.8 Å². The van der Waals surface area contributed by atoms with Gasteiger partial charge in [-0.3, -0.25) is 4.79 Å². The molecule has 0 aliphatic heterocycles. The van der Waals surface area contributed by atoms with E-state index in [9.17, 15) is 4.79 Å². The Bertz CT molecular complexity index is 111. The predicted molar refractivity (Wildman–Crippen MR) is 49.1 cm³/mol. The summed E-state index contributed by atoms with van der Waals surface area (Å²) in [6, 6.07) is 2.12. The minimum Gasteiger partial charge on any atom is -0.522 e. The van der Waals surface area contributed by atoms with Crippen LogP contribution < -0.4 is 0 Å². The van der Waals surface area contributed by atoms with Crippen LogP contribution >= 0.6 is 0 Å². The van der Waals surface area contributed by atoms with E-state index < -0.39 is 9.04 Å². The maximum Gasteiger partial charge on any atom is 0.292 e. The van der Waals surface area contributed by atoms with E-state index >= 15 is 0 Å². The SMILES string of the molecule is CCCC(=O)O[SiH](CC)CC. The minimum atomic E-state index is -1.13. The van der Waals surface area contributed by atoms with Gasteiger partial charge in [-0.05, 0) is 18.5 Å². The normalized spacial score (nSPS) is 10.2. The fraction of sp³-hybridized carbons (Fsp3) is 0.875. The first-order valence-electron chi connectivity index (χ1n) is 4.44. The molecule has 0 bridgehead atoms. The molecule has 0 radical (unpaired) electrons. The molecular formula is C8H18O2Si. The Hall–Kier alpha value is -0.313. The molecule has 0 aliphatic carbocycles. The molecule has 3 heteroatoms. The van der Waals surface area contributed by atoms with E-state index in [0.717, 1.165) is 18.5 Å². The second kappa shape index (κ2) is 6.40. The first kappa shape index (κ1) is 10.7. The van der Waals surface area contributed by atoms with E-state index in [4.69, 9.17) is 4.43 Å². The van der Waals surface area contributed by atoms with Gasteiger partial charge in [-0.1, -0.05) is 20.8 Å². The van der Waals surface area contributed by atoms with Gasteiger partial charge < -0.3 is 4.43 Å². The van der Waals surface area contributed by atoms with Gasteiger partial charge in [0.15, 0.2) is 0 Å². The van der Waals surface area contributed by atoms with Gasteiger partial charge in [0.25, 0.3) is 5.97 Å². The largest absolute Gasteiger partial charge is 0.522 e. The van der Waals surface area contributed by atoms with Gasteiger partial charge in [0.2, 0.25) is 9.04 Å². The lowest BCUT2D eigenvalue weighted by Crippen LogP contribution is -2.20. The van der Waals surface area contributed by atoms with Crippen molar-refractivity contribution in [3.8, 4) is 0 Å². The van der Waals surface area contributed by atoms with Crippen molar-refractivity contribution in [3.05, 3.63) is 0 Å². The zero-order valence-corrected chi connectivity index (χ0v) is 8.88. The van der Waals surface area contributed by atoms with E-state index in [1.54, 1.807) is 0 Å². The molecule has 66 valence electrons. The summed E-state index contributed by atoms with van der Waals surface area (Å²) >= 11 is 0. The van der Waals surface area contributed by atoms with Gasteiger partial charge in [0, 0.05) is 6.42 Å². The third-order valence-corrected chi connectivity index (χ3v) is 4.08. The second-order valence-electron chi connectivity index (χ2n) is 2.68. The summed E-state index contributed by atoms with van der Waals surface area (Å²) in [5, 5.41) is 0. The molecule has 0 fully saturated rings. The third kappa shape index (κ3) is 5.01. The summed E-state index contributed by atoms with van der Waals surface area (Å²) in [6.45, 7) is 6.19. The van der Waals surface area contributed by atoms with Crippen molar-refractivity contribution in [1.29, 1.82) is 0 Å². The molecule has 0 aliphatic rings. The molecule has 0 N–H and O–H groups in total. The van der Waals surface area contributed by atoms with Crippen molar-refractivity contribution in [1.82, 2.24) is 0 Å². The summed E-state index contributed by atoms with van der Waals surface area (Å²) in [6.07, 6.45) is 1.48.